The van der Waals surface area contributed by atoms with Crippen LogP contribution >= 0.6 is 0 Å². The number of nitrogens with two attached hydrogens (primary N) is 1. The molecule has 116 valence electrons. The Hall–Kier alpha value is -2.10. The molecule has 21 heavy (non-hydrogen) atoms. The molecule has 4 nitrogen and oxygen atoms in total. The van der Waals surface area contributed by atoms with Gasteiger partial charge in [-0.3, -0.25) is 4.79 Å². The van der Waals surface area contributed by atoms with Crippen molar-refractivity contribution in [1.82, 2.24) is 9.55 Å². The molecular weight excluding hydrogens is 262 g/mol. The largest absolute Gasteiger partial charge is 0.384 e. The second-order valence-electron chi connectivity index (χ2n) is 5.18. The summed E-state index contributed by atoms with van der Waals surface area (Å²) in [6.07, 6.45) is 1.80. The smallest absolute Gasteiger partial charge is 0.250 e. The van der Waals surface area contributed by atoms with Crippen molar-refractivity contribution in [3.05, 3.63) is 58.6 Å². The first-order chi connectivity index (χ1) is 9.41. The fraction of sp³-hybridized carbons (Fsp3) is 0.412. The molecule has 0 aliphatic heterocycles. The van der Waals surface area contributed by atoms with E-state index >= 15 is 0 Å². The SMILES string of the molecule is C.CC(C)c1cccc(N)n1.CC(C)n1ccccc1=O. The number of hydrogen-bond donors (Lipinski definition) is 1. The second-order valence-corrected chi connectivity index (χ2v) is 5.18. The highest BCUT2D eigenvalue weighted by atomic mass is 16.1. The molecule has 2 N–H and O–H groups in total. The van der Waals surface area contributed by atoms with Crippen LogP contribution in [0.5, 0.6) is 0 Å². The Bertz CT molecular complexity index is 588. The lowest BCUT2D eigenvalue weighted by molar-refractivity contribution is 0.578. The Balaban J connectivity index is 0.000000364. The predicted molar refractivity (Wildman–Crippen MR) is 90.6 cm³/mol. The molecular formula is C17H27N3O. The minimum Gasteiger partial charge on any atom is -0.384 e. The van der Waals surface area contributed by atoms with Gasteiger partial charge in [-0.2, -0.15) is 0 Å². The lowest BCUT2D eigenvalue weighted by Crippen LogP contribution is -2.19. The molecule has 0 unspecified atom stereocenters. The van der Waals surface area contributed by atoms with Gasteiger partial charge in [-0.25, -0.2) is 4.98 Å². The fourth-order valence-corrected chi connectivity index (χ4v) is 1.66. The number of aromatic nitrogens is 2. The third-order valence-electron chi connectivity index (χ3n) is 2.79. The van der Waals surface area contributed by atoms with Gasteiger partial charge in [0.25, 0.3) is 5.56 Å². The van der Waals surface area contributed by atoms with E-state index in [0.29, 0.717) is 11.7 Å². The van der Waals surface area contributed by atoms with E-state index in [4.69, 9.17) is 5.73 Å². The van der Waals surface area contributed by atoms with Gasteiger partial charge in [0.15, 0.2) is 0 Å². The van der Waals surface area contributed by atoms with E-state index in [-0.39, 0.29) is 19.0 Å². The maximum atomic E-state index is 11.0. The summed E-state index contributed by atoms with van der Waals surface area (Å²) in [6.45, 7) is 8.17. The van der Waals surface area contributed by atoms with Crippen molar-refractivity contribution in [1.29, 1.82) is 0 Å². The van der Waals surface area contributed by atoms with Crippen LogP contribution in [0.25, 0.3) is 0 Å². The first-order valence-electron chi connectivity index (χ1n) is 6.81. The Morgan fingerprint density at radius 3 is 2.10 bits per heavy atom. The molecule has 0 spiro atoms. The Morgan fingerprint density at radius 1 is 1.05 bits per heavy atom. The van der Waals surface area contributed by atoms with Gasteiger partial charge in [-0.05, 0) is 38.0 Å². The zero-order valence-electron chi connectivity index (χ0n) is 12.6. The minimum atomic E-state index is 0. The monoisotopic (exact) mass is 289 g/mol. The van der Waals surface area contributed by atoms with Crippen LogP contribution in [0.15, 0.2) is 47.4 Å². The Kier molecular flexibility index (Phi) is 8.06. The molecule has 2 aromatic rings. The first-order valence-corrected chi connectivity index (χ1v) is 6.81. The highest BCUT2D eigenvalue weighted by Crippen LogP contribution is 2.11. The molecule has 2 rings (SSSR count). The molecule has 0 aliphatic carbocycles. The highest BCUT2D eigenvalue weighted by molar-refractivity contribution is 5.29. The Labute approximate surface area is 127 Å². The average Bonchev–Trinajstić information content (AvgIpc) is 2.39. The number of rotatable bonds is 2. The average molecular weight is 289 g/mol. The number of nitrogen functional groups attached to an aromatic ring is 1. The van der Waals surface area contributed by atoms with Crippen LogP contribution in [0.2, 0.25) is 0 Å². The van der Waals surface area contributed by atoms with E-state index in [1.807, 2.05) is 32.0 Å². The van der Waals surface area contributed by atoms with Gasteiger partial charge in [-0.15, -0.1) is 0 Å². The number of nitrogens with zero attached hydrogens (tertiary/aromatic N) is 2. The lowest BCUT2D eigenvalue weighted by atomic mass is 10.1. The molecule has 0 saturated heterocycles. The molecule has 2 aromatic heterocycles. The van der Waals surface area contributed by atoms with Crippen molar-refractivity contribution in [2.24, 2.45) is 0 Å². The van der Waals surface area contributed by atoms with E-state index in [2.05, 4.69) is 18.8 Å². The standard InChI is InChI=1S/C8H12N2.C8H11NO.CH4/c1-6(2)7-4-3-5-8(9)10-7;1-7(2)9-6-4-3-5-8(9)10;/h3-6H,1-2H3,(H2,9,10);3-7H,1-2H3;1H4. The summed E-state index contributed by atoms with van der Waals surface area (Å²) < 4.78 is 1.69. The number of pyridine rings is 2. The molecule has 0 bridgehead atoms. The third-order valence-corrected chi connectivity index (χ3v) is 2.79. The van der Waals surface area contributed by atoms with Gasteiger partial charge in [0, 0.05) is 24.0 Å². The third kappa shape index (κ3) is 6.25. The normalized spacial score (nSPS) is 9.81. The summed E-state index contributed by atoms with van der Waals surface area (Å²) >= 11 is 0. The minimum absolute atomic E-state index is 0. The van der Waals surface area contributed by atoms with E-state index in [1.54, 1.807) is 29.0 Å². The lowest BCUT2D eigenvalue weighted by Gasteiger charge is -2.06. The highest BCUT2D eigenvalue weighted by Gasteiger charge is 1.98. The maximum Gasteiger partial charge on any atom is 0.250 e. The van der Waals surface area contributed by atoms with Crippen LogP contribution in [0, 0.1) is 0 Å². The molecule has 0 saturated carbocycles. The number of anilines is 1. The molecule has 0 aromatic carbocycles. The molecule has 0 amide bonds. The van der Waals surface area contributed by atoms with Gasteiger partial charge in [0.2, 0.25) is 0 Å². The predicted octanol–water partition coefficient (Wildman–Crippen LogP) is 3.85. The Morgan fingerprint density at radius 2 is 1.71 bits per heavy atom. The van der Waals surface area contributed by atoms with E-state index in [1.165, 1.54) is 0 Å². The van der Waals surface area contributed by atoms with Crippen molar-refractivity contribution in [3.63, 3.8) is 0 Å². The number of hydrogen-bond acceptors (Lipinski definition) is 3. The molecule has 0 atom stereocenters. The van der Waals surface area contributed by atoms with Crippen LogP contribution in [0.1, 0.15) is 52.8 Å². The molecule has 2 heterocycles. The van der Waals surface area contributed by atoms with Crippen LogP contribution in [0.3, 0.4) is 0 Å². The van der Waals surface area contributed by atoms with Gasteiger partial charge in [0.05, 0.1) is 0 Å². The molecule has 0 fully saturated rings. The summed E-state index contributed by atoms with van der Waals surface area (Å²) in [4.78, 5) is 15.2. The van der Waals surface area contributed by atoms with Gasteiger partial charge < -0.3 is 10.3 Å². The van der Waals surface area contributed by atoms with Crippen LogP contribution in [0.4, 0.5) is 5.82 Å². The molecule has 4 heteroatoms. The van der Waals surface area contributed by atoms with Crippen LogP contribution in [-0.2, 0) is 0 Å². The topological polar surface area (TPSA) is 60.9 Å². The van der Waals surface area contributed by atoms with Crippen LogP contribution < -0.4 is 11.3 Å². The molecule has 0 aliphatic rings. The van der Waals surface area contributed by atoms with Crippen molar-refractivity contribution < 1.29 is 0 Å². The summed E-state index contributed by atoms with van der Waals surface area (Å²) in [5, 5.41) is 0. The zero-order chi connectivity index (χ0) is 15.1. The van der Waals surface area contributed by atoms with Gasteiger partial charge >= 0.3 is 0 Å². The zero-order valence-corrected chi connectivity index (χ0v) is 12.6. The van der Waals surface area contributed by atoms with E-state index < -0.39 is 0 Å². The summed E-state index contributed by atoms with van der Waals surface area (Å²) in [7, 11) is 0. The summed E-state index contributed by atoms with van der Waals surface area (Å²) in [5.74, 6) is 1.06. The van der Waals surface area contributed by atoms with Gasteiger partial charge in [-0.1, -0.05) is 33.4 Å². The summed E-state index contributed by atoms with van der Waals surface area (Å²) in [5.41, 5.74) is 6.61. The second kappa shape index (κ2) is 8.95. The molecule has 0 radical (unpaired) electrons. The summed E-state index contributed by atoms with van der Waals surface area (Å²) in [6, 6.07) is 11.2. The quantitative estimate of drug-likeness (QED) is 0.913. The van der Waals surface area contributed by atoms with Crippen molar-refractivity contribution >= 4 is 5.82 Å². The van der Waals surface area contributed by atoms with Crippen LogP contribution in [-0.4, -0.2) is 9.55 Å². The maximum absolute atomic E-state index is 11.0. The van der Waals surface area contributed by atoms with Crippen molar-refractivity contribution in [2.45, 2.75) is 47.1 Å². The van der Waals surface area contributed by atoms with E-state index in [9.17, 15) is 4.79 Å². The first kappa shape index (κ1) is 18.9. The van der Waals surface area contributed by atoms with Crippen molar-refractivity contribution in [2.75, 3.05) is 5.73 Å². The van der Waals surface area contributed by atoms with E-state index in [0.717, 1.165) is 5.69 Å². The van der Waals surface area contributed by atoms with Gasteiger partial charge in [0.1, 0.15) is 5.82 Å². The van der Waals surface area contributed by atoms with Crippen molar-refractivity contribution in [3.8, 4) is 0 Å². The fourth-order valence-electron chi connectivity index (χ4n) is 1.66.